The van der Waals surface area contributed by atoms with Crippen LogP contribution in [0, 0.1) is 18.3 Å². The van der Waals surface area contributed by atoms with Crippen molar-refractivity contribution in [3.05, 3.63) is 106 Å². The Labute approximate surface area is 287 Å². The smallest absolute Gasteiger partial charge is 0.323 e. The second kappa shape index (κ2) is 16.1. The van der Waals surface area contributed by atoms with Crippen LogP contribution in [0.15, 0.2) is 72.8 Å². The van der Waals surface area contributed by atoms with E-state index in [2.05, 4.69) is 24.5 Å². The Hall–Kier alpha value is -5.47. The van der Waals surface area contributed by atoms with Gasteiger partial charge in [-0.1, -0.05) is 51.0 Å². The van der Waals surface area contributed by atoms with Gasteiger partial charge in [0, 0.05) is 36.7 Å². The summed E-state index contributed by atoms with van der Waals surface area (Å²) in [6.07, 6.45) is 4.23. The standard InChI is InChI=1S/C38H43N7O4/c1-4-6-18-43(19-7-5-2)37(48)34-20-26(3)45(42-34)35-17-16-31(41-38(49)40-30-14-12-27(23-39)13-15-30)22-33(35)36(47)44-24-29-11-9-8-10-28(29)21-32(44)25-46/h8-17,20,22,32,46H,4-7,18-19,21,24-25H2,1-3H3,(H2,40,41,49)/t32-/m0/s1. The number of fused-ring (bicyclic) bond motifs is 1. The zero-order valence-corrected chi connectivity index (χ0v) is 28.3. The first-order valence-electron chi connectivity index (χ1n) is 16.8. The summed E-state index contributed by atoms with van der Waals surface area (Å²) in [6, 6.07) is 22.1. The number of aryl methyl sites for hydroxylation is 1. The van der Waals surface area contributed by atoms with E-state index in [1.165, 1.54) is 0 Å². The van der Waals surface area contributed by atoms with Crippen molar-refractivity contribution in [2.24, 2.45) is 0 Å². The van der Waals surface area contributed by atoms with Crippen molar-refractivity contribution in [2.75, 3.05) is 30.3 Å². The number of aliphatic hydroxyl groups is 1. The Morgan fingerprint density at radius 2 is 1.59 bits per heavy atom. The number of amides is 4. The first-order chi connectivity index (χ1) is 23.8. The zero-order valence-electron chi connectivity index (χ0n) is 28.3. The molecule has 254 valence electrons. The molecule has 4 amide bonds. The topological polar surface area (TPSA) is 144 Å². The third-order valence-corrected chi connectivity index (χ3v) is 8.77. The lowest BCUT2D eigenvalue weighted by atomic mass is 9.93. The van der Waals surface area contributed by atoms with Gasteiger partial charge in [-0.25, -0.2) is 9.48 Å². The van der Waals surface area contributed by atoms with Gasteiger partial charge in [0.1, 0.15) is 0 Å². The largest absolute Gasteiger partial charge is 0.394 e. The van der Waals surface area contributed by atoms with Crippen LogP contribution < -0.4 is 10.6 Å². The SMILES string of the molecule is CCCCN(CCCC)C(=O)c1cc(C)n(-c2ccc(NC(=O)Nc3ccc(C#N)cc3)cc2C(=O)N2Cc3ccccc3C[C@H]2CO)n1. The van der Waals surface area contributed by atoms with Crippen LogP contribution >= 0.6 is 0 Å². The van der Waals surface area contributed by atoms with E-state index in [1.54, 1.807) is 58.1 Å². The van der Waals surface area contributed by atoms with Crippen molar-refractivity contribution in [3.8, 4) is 11.8 Å². The molecule has 0 saturated heterocycles. The van der Waals surface area contributed by atoms with E-state index in [1.807, 2.05) is 42.2 Å². The molecule has 4 aromatic rings. The monoisotopic (exact) mass is 661 g/mol. The Balaban J connectivity index is 1.50. The number of aliphatic hydroxyl groups excluding tert-OH is 1. The molecule has 1 atom stereocenters. The summed E-state index contributed by atoms with van der Waals surface area (Å²) < 4.78 is 1.60. The van der Waals surface area contributed by atoms with Crippen LogP contribution in [0.5, 0.6) is 0 Å². The molecule has 3 N–H and O–H groups in total. The summed E-state index contributed by atoms with van der Waals surface area (Å²) in [7, 11) is 0. The van der Waals surface area contributed by atoms with E-state index in [0.717, 1.165) is 36.8 Å². The maximum absolute atomic E-state index is 14.5. The number of hydrogen-bond donors (Lipinski definition) is 3. The highest BCUT2D eigenvalue weighted by Gasteiger charge is 2.32. The Morgan fingerprint density at radius 1 is 0.939 bits per heavy atom. The zero-order chi connectivity index (χ0) is 34.9. The number of nitriles is 1. The number of nitrogens with one attached hydrogen (secondary N) is 2. The molecular weight excluding hydrogens is 618 g/mol. The van der Waals surface area contributed by atoms with Gasteiger partial charge in [0.2, 0.25) is 0 Å². The maximum Gasteiger partial charge on any atom is 0.323 e. The van der Waals surface area contributed by atoms with Gasteiger partial charge in [-0.2, -0.15) is 10.4 Å². The fraction of sp³-hybridized carbons (Fsp3) is 0.342. The van der Waals surface area contributed by atoms with Crippen LogP contribution in [-0.2, 0) is 13.0 Å². The third-order valence-electron chi connectivity index (χ3n) is 8.77. The highest BCUT2D eigenvalue weighted by Crippen LogP contribution is 2.29. The average molecular weight is 662 g/mol. The van der Waals surface area contributed by atoms with Crippen molar-refractivity contribution >= 4 is 29.2 Å². The quantitative estimate of drug-likeness (QED) is 0.163. The van der Waals surface area contributed by atoms with Crippen LogP contribution in [0.3, 0.4) is 0 Å². The van der Waals surface area contributed by atoms with Crippen LogP contribution in [-0.4, -0.2) is 68.3 Å². The number of carbonyl (C=O) groups excluding carboxylic acids is 3. The summed E-state index contributed by atoms with van der Waals surface area (Å²) in [5, 5.41) is 29.7. The fourth-order valence-electron chi connectivity index (χ4n) is 6.03. The Bertz CT molecular complexity index is 1840. The van der Waals surface area contributed by atoms with Gasteiger partial charge in [0.05, 0.1) is 35.5 Å². The normalized spacial score (nSPS) is 13.7. The molecule has 5 rings (SSSR count). The minimum atomic E-state index is -0.529. The van der Waals surface area contributed by atoms with E-state index in [4.69, 9.17) is 10.4 Å². The summed E-state index contributed by atoms with van der Waals surface area (Å²) >= 11 is 0. The highest BCUT2D eigenvalue weighted by molar-refractivity contribution is 6.03. The number of nitrogens with zero attached hydrogens (tertiary/aromatic N) is 5. The molecule has 1 aliphatic rings. The summed E-state index contributed by atoms with van der Waals surface area (Å²) in [4.78, 5) is 44.6. The number of hydrogen-bond acceptors (Lipinski definition) is 6. The predicted molar refractivity (Wildman–Crippen MR) is 189 cm³/mol. The van der Waals surface area contributed by atoms with Gasteiger partial charge >= 0.3 is 6.03 Å². The van der Waals surface area contributed by atoms with Gasteiger partial charge in [-0.15, -0.1) is 0 Å². The number of urea groups is 1. The van der Waals surface area contributed by atoms with Gasteiger partial charge in [0.15, 0.2) is 5.69 Å². The number of rotatable bonds is 12. The van der Waals surface area contributed by atoms with Gasteiger partial charge in [-0.3, -0.25) is 9.59 Å². The minimum absolute atomic E-state index is 0.151. The third kappa shape index (κ3) is 8.16. The molecule has 0 unspecified atom stereocenters. The molecule has 0 fully saturated rings. The van der Waals surface area contributed by atoms with E-state index >= 15 is 0 Å². The van der Waals surface area contributed by atoms with Gasteiger partial charge in [-0.05, 0) is 85.8 Å². The molecule has 0 aliphatic carbocycles. The minimum Gasteiger partial charge on any atom is -0.394 e. The molecule has 11 heteroatoms. The van der Waals surface area contributed by atoms with Crippen LogP contribution in [0.2, 0.25) is 0 Å². The van der Waals surface area contributed by atoms with Crippen molar-refractivity contribution in [3.63, 3.8) is 0 Å². The van der Waals surface area contributed by atoms with Crippen molar-refractivity contribution in [1.82, 2.24) is 19.6 Å². The first kappa shape index (κ1) is 34.9. The fourth-order valence-corrected chi connectivity index (χ4v) is 6.03. The van der Waals surface area contributed by atoms with Crippen molar-refractivity contribution < 1.29 is 19.5 Å². The van der Waals surface area contributed by atoms with E-state index in [9.17, 15) is 19.5 Å². The predicted octanol–water partition coefficient (Wildman–Crippen LogP) is 6.30. The number of benzene rings is 3. The number of unbranched alkanes of at least 4 members (excludes halogenated alkanes) is 2. The summed E-state index contributed by atoms with van der Waals surface area (Å²) in [5.41, 5.74) is 5.10. The van der Waals surface area contributed by atoms with Crippen molar-refractivity contribution in [1.29, 1.82) is 5.26 Å². The Kier molecular flexibility index (Phi) is 11.4. The molecule has 49 heavy (non-hydrogen) atoms. The lowest BCUT2D eigenvalue weighted by Gasteiger charge is -2.36. The van der Waals surface area contributed by atoms with E-state index in [-0.39, 0.29) is 24.0 Å². The lowest BCUT2D eigenvalue weighted by molar-refractivity contribution is 0.0544. The van der Waals surface area contributed by atoms with E-state index < -0.39 is 12.1 Å². The van der Waals surface area contributed by atoms with Gasteiger partial charge < -0.3 is 25.5 Å². The van der Waals surface area contributed by atoms with Crippen LogP contribution in [0.25, 0.3) is 5.69 Å². The molecule has 11 nitrogen and oxygen atoms in total. The molecule has 0 radical (unpaired) electrons. The van der Waals surface area contributed by atoms with Crippen molar-refractivity contribution in [2.45, 2.75) is 65.5 Å². The van der Waals surface area contributed by atoms with Crippen LogP contribution in [0.1, 0.15) is 82.8 Å². The lowest BCUT2D eigenvalue weighted by Crippen LogP contribution is -2.46. The molecule has 0 spiro atoms. The molecule has 3 aromatic carbocycles. The van der Waals surface area contributed by atoms with E-state index in [0.29, 0.717) is 60.1 Å². The molecular formula is C38H43N7O4. The number of carbonyl (C=O) groups is 3. The first-order valence-corrected chi connectivity index (χ1v) is 16.8. The summed E-state index contributed by atoms with van der Waals surface area (Å²) in [5.74, 6) is -0.489. The Morgan fingerprint density at radius 3 is 2.24 bits per heavy atom. The number of anilines is 2. The number of aromatic nitrogens is 2. The second-order valence-electron chi connectivity index (χ2n) is 12.3. The second-order valence-corrected chi connectivity index (χ2v) is 12.3. The molecule has 1 aliphatic heterocycles. The molecule has 0 bridgehead atoms. The molecule has 2 heterocycles. The summed E-state index contributed by atoms with van der Waals surface area (Å²) in [6.45, 7) is 7.41. The van der Waals surface area contributed by atoms with Crippen LogP contribution in [0.4, 0.5) is 16.2 Å². The van der Waals surface area contributed by atoms with Gasteiger partial charge in [0.25, 0.3) is 11.8 Å². The highest BCUT2D eigenvalue weighted by atomic mass is 16.3. The molecule has 1 aromatic heterocycles. The average Bonchev–Trinajstić information content (AvgIpc) is 3.51. The molecule has 0 saturated carbocycles. The maximum atomic E-state index is 14.5.